The van der Waals surface area contributed by atoms with Gasteiger partial charge in [-0.05, 0) is 72.3 Å². The van der Waals surface area contributed by atoms with E-state index in [4.69, 9.17) is 0 Å². The van der Waals surface area contributed by atoms with Gasteiger partial charge in [-0.3, -0.25) is 0 Å². The van der Waals surface area contributed by atoms with E-state index in [0.717, 1.165) is 12.5 Å². The molecule has 0 aromatic rings. The van der Waals surface area contributed by atoms with Crippen LogP contribution in [0.4, 0.5) is 0 Å². The van der Waals surface area contributed by atoms with Crippen molar-refractivity contribution < 1.29 is 5.11 Å². The molecule has 118 valence electrons. The Labute approximate surface area is 124 Å². The van der Waals surface area contributed by atoms with Crippen molar-refractivity contribution in [1.82, 2.24) is 15.1 Å². The lowest BCUT2D eigenvalue weighted by Gasteiger charge is -2.38. The fourth-order valence-electron chi connectivity index (χ4n) is 4.18. The molecule has 2 N–H and O–H groups in total. The third kappa shape index (κ3) is 3.53. The lowest BCUT2D eigenvalue weighted by molar-refractivity contribution is 0.0988. The maximum Gasteiger partial charge on any atom is 0.0615 e. The average molecular weight is 283 g/mol. The SMILES string of the molecule is CNC1(CO)CCCC1CCN1CCCC(N(C)C)C1. The molecule has 1 saturated carbocycles. The summed E-state index contributed by atoms with van der Waals surface area (Å²) >= 11 is 0. The summed E-state index contributed by atoms with van der Waals surface area (Å²) in [5.74, 6) is 0.636. The van der Waals surface area contributed by atoms with E-state index in [0.29, 0.717) is 5.92 Å². The summed E-state index contributed by atoms with van der Waals surface area (Å²) in [5.41, 5.74) is -0.00324. The average Bonchev–Trinajstić information content (AvgIpc) is 2.88. The Bertz CT molecular complexity index is 291. The quantitative estimate of drug-likeness (QED) is 0.767. The zero-order valence-corrected chi connectivity index (χ0v) is 13.6. The molecule has 3 atom stereocenters. The molecule has 1 aliphatic heterocycles. The van der Waals surface area contributed by atoms with Crippen LogP contribution in [0.25, 0.3) is 0 Å². The van der Waals surface area contributed by atoms with Gasteiger partial charge in [0.1, 0.15) is 0 Å². The van der Waals surface area contributed by atoms with Crippen LogP contribution in [0.15, 0.2) is 0 Å². The second-order valence-electron chi connectivity index (χ2n) is 7.00. The molecule has 0 spiro atoms. The third-order valence-electron chi connectivity index (χ3n) is 5.74. The largest absolute Gasteiger partial charge is 0.394 e. The van der Waals surface area contributed by atoms with Crippen LogP contribution in [-0.2, 0) is 0 Å². The molecular weight excluding hydrogens is 250 g/mol. The predicted octanol–water partition coefficient (Wildman–Crippen LogP) is 1.15. The van der Waals surface area contributed by atoms with Crippen molar-refractivity contribution in [2.75, 3.05) is 47.4 Å². The minimum Gasteiger partial charge on any atom is -0.394 e. The van der Waals surface area contributed by atoms with Crippen LogP contribution < -0.4 is 5.32 Å². The van der Waals surface area contributed by atoms with E-state index in [1.165, 1.54) is 51.7 Å². The van der Waals surface area contributed by atoms with Gasteiger partial charge < -0.3 is 20.2 Å². The molecule has 4 heteroatoms. The van der Waals surface area contributed by atoms with Crippen LogP contribution in [0.3, 0.4) is 0 Å². The number of hydrogen-bond acceptors (Lipinski definition) is 4. The van der Waals surface area contributed by atoms with Crippen molar-refractivity contribution in [2.24, 2.45) is 5.92 Å². The molecule has 2 aliphatic rings. The van der Waals surface area contributed by atoms with E-state index in [-0.39, 0.29) is 12.1 Å². The smallest absolute Gasteiger partial charge is 0.0615 e. The van der Waals surface area contributed by atoms with Gasteiger partial charge >= 0.3 is 0 Å². The van der Waals surface area contributed by atoms with Gasteiger partial charge in [-0.25, -0.2) is 0 Å². The summed E-state index contributed by atoms with van der Waals surface area (Å²) in [4.78, 5) is 5.00. The Hall–Kier alpha value is -0.160. The minimum absolute atomic E-state index is 0.00324. The molecule has 1 aliphatic carbocycles. The standard InChI is InChI=1S/C16H33N3O/c1-17-16(13-20)9-4-6-14(16)8-11-19-10-5-7-15(12-19)18(2)3/h14-15,17,20H,4-13H2,1-3H3. The number of piperidine rings is 1. The maximum atomic E-state index is 9.76. The zero-order chi connectivity index (χ0) is 14.6. The van der Waals surface area contributed by atoms with Crippen LogP contribution in [0.5, 0.6) is 0 Å². The van der Waals surface area contributed by atoms with E-state index in [2.05, 4.69) is 29.2 Å². The molecule has 1 heterocycles. The summed E-state index contributed by atoms with van der Waals surface area (Å²) in [5, 5.41) is 13.2. The molecular formula is C16H33N3O. The second kappa shape index (κ2) is 7.21. The Morgan fingerprint density at radius 3 is 2.75 bits per heavy atom. The van der Waals surface area contributed by atoms with E-state index < -0.39 is 0 Å². The van der Waals surface area contributed by atoms with Crippen LogP contribution in [0.2, 0.25) is 0 Å². The summed E-state index contributed by atoms with van der Waals surface area (Å²) < 4.78 is 0. The first-order chi connectivity index (χ1) is 9.61. The summed E-state index contributed by atoms with van der Waals surface area (Å²) in [6, 6.07) is 0.722. The summed E-state index contributed by atoms with van der Waals surface area (Å²) in [6.07, 6.45) is 7.54. The topological polar surface area (TPSA) is 38.7 Å². The van der Waals surface area contributed by atoms with Gasteiger partial charge in [0.25, 0.3) is 0 Å². The lowest BCUT2D eigenvalue weighted by atomic mass is 9.85. The molecule has 1 saturated heterocycles. The van der Waals surface area contributed by atoms with Crippen LogP contribution >= 0.6 is 0 Å². The monoisotopic (exact) mass is 283 g/mol. The highest BCUT2D eigenvalue weighted by molar-refractivity contribution is 4.98. The third-order valence-corrected chi connectivity index (χ3v) is 5.74. The van der Waals surface area contributed by atoms with Crippen LogP contribution in [-0.4, -0.2) is 73.9 Å². The molecule has 0 radical (unpaired) electrons. The molecule has 2 rings (SSSR count). The maximum absolute atomic E-state index is 9.76. The molecule has 3 unspecified atom stereocenters. The van der Waals surface area contributed by atoms with E-state index >= 15 is 0 Å². The summed E-state index contributed by atoms with van der Waals surface area (Å²) in [6.45, 7) is 3.95. The Morgan fingerprint density at radius 2 is 2.10 bits per heavy atom. The fourth-order valence-corrected chi connectivity index (χ4v) is 4.18. The first kappa shape index (κ1) is 16.2. The van der Waals surface area contributed by atoms with E-state index in [9.17, 15) is 5.11 Å². The summed E-state index contributed by atoms with van der Waals surface area (Å²) in [7, 11) is 6.41. The van der Waals surface area contributed by atoms with Gasteiger partial charge in [-0.15, -0.1) is 0 Å². The number of hydrogen-bond donors (Lipinski definition) is 2. The molecule has 0 aromatic carbocycles. The number of nitrogens with one attached hydrogen (secondary N) is 1. The van der Waals surface area contributed by atoms with Crippen molar-refractivity contribution in [3.63, 3.8) is 0 Å². The van der Waals surface area contributed by atoms with Gasteiger partial charge in [0.05, 0.1) is 6.61 Å². The van der Waals surface area contributed by atoms with Crippen molar-refractivity contribution in [2.45, 2.75) is 50.1 Å². The number of aliphatic hydroxyl groups is 1. The van der Waals surface area contributed by atoms with Crippen LogP contribution in [0.1, 0.15) is 38.5 Å². The Morgan fingerprint density at radius 1 is 1.30 bits per heavy atom. The predicted molar refractivity (Wildman–Crippen MR) is 84.0 cm³/mol. The van der Waals surface area contributed by atoms with Gasteiger partial charge in [0, 0.05) is 18.1 Å². The van der Waals surface area contributed by atoms with Crippen LogP contribution in [0, 0.1) is 5.92 Å². The molecule has 0 bridgehead atoms. The highest BCUT2D eigenvalue weighted by atomic mass is 16.3. The fraction of sp³-hybridized carbons (Fsp3) is 1.00. The zero-order valence-electron chi connectivity index (χ0n) is 13.6. The highest BCUT2D eigenvalue weighted by Crippen LogP contribution is 2.37. The van der Waals surface area contributed by atoms with E-state index in [1.54, 1.807) is 0 Å². The first-order valence-electron chi connectivity index (χ1n) is 8.30. The van der Waals surface area contributed by atoms with Gasteiger partial charge in [0.15, 0.2) is 0 Å². The van der Waals surface area contributed by atoms with Gasteiger partial charge in [-0.2, -0.15) is 0 Å². The minimum atomic E-state index is -0.00324. The van der Waals surface area contributed by atoms with Crippen molar-refractivity contribution >= 4 is 0 Å². The molecule has 4 nitrogen and oxygen atoms in total. The van der Waals surface area contributed by atoms with Crippen molar-refractivity contribution in [3.8, 4) is 0 Å². The number of nitrogens with zero attached hydrogens (tertiary/aromatic N) is 2. The number of likely N-dealkylation sites (N-methyl/N-ethyl adjacent to an activating group) is 2. The molecule has 2 fully saturated rings. The molecule has 20 heavy (non-hydrogen) atoms. The number of rotatable bonds is 6. The second-order valence-corrected chi connectivity index (χ2v) is 7.00. The van der Waals surface area contributed by atoms with Crippen molar-refractivity contribution in [3.05, 3.63) is 0 Å². The Kier molecular flexibility index (Phi) is 5.84. The van der Waals surface area contributed by atoms with E-state index in [1.807, 2.05) is 7.05 Å². The number of likely N-dealkylation sites (tertiary alicyclic amines) is 1. The molecule has 0 aromatic heterocycles. The number of aliphatic hydroxyl groups excluding tert-OH is 1. The van der Waals surface area contributed by atoms with Crippen molar-refractivity contribution in [1.29, 1.82) is 0 Å². The molecule has 0 amide bonds. The lowest BCUT2D eigenvalue weighted by Crippen LogP contribution is -2.51. The van der Waals surface area contributed by atoms with Gasteiger partial charge in [-0.1, -0.05) is 6.42 Å². The normalized spacial score (nSPS) is 35.9. The first-order valence-corrected chi connectivity index (χ1v) is 8.30. The van der Waals surface area contributed by atoms with Gasteiger partial charge in [0.2, 0.25) is 0 Å². The Balaban J connectivity index is 1.82. The highest BCUT2D eigenvalue weighted by Gasteiger charge is 2.40.